The lowest BCUT2D eigenvalue weighted by Gasteiger charge is -2.17. The number of hydrogen-bond donors (Lipinski definition) is 2. The van der Waals surface area contributed by atoms with Crippen molar-refractivity contribution in [3.63, 3.8) is 0 Å². The van der Waals surface area contributed by atoms with E-state index in [1.54, 1.807) is 5.38 Å². The highest BCUT2D eigenvalue weighted by Crippen LogP contribution is 2.11. The molecule has 1 atom stereocenters. The fraction of sp³-hybridized carbons (Fsp3) is 0.375. The lowest BCUT2D eigenvalue weighted by atomic mass is 10.0. The Morgan fingerprint density at radius 2 is 2.14 bits per heavy atom. The summed E-state index contributed by atoms with van der Waals surface area (Å²) in [6, 6.07) is 10.4. The molecule has 0 bridgehead atoms. The molecular formula is C16H21N3OS. The summed E-state index contributed by atoms with van der Waals surface area (Å²) in [5, 5.41) is 5.64. The predicted octanol–water partition coefficient (Wildman–Crippen LogP) is 2.74. The molecule has 1 amide bonds. The number of nitrogens with one attached hydrogen (secondary N) is 1. The van der Waals surface area contributed by atoms with E-state index in [-0.39, 0.29) is 11.9 Å². The maximum atomic E-state index is 12.2. The van der Waals surface area contributed by atoms with Crippen LogP contribution >= 0.6 is 11.3 Å². The smallest absolute Gasteiger partial charge is 0.270 e. The summed E-state index contributed by atoms with van der Waals surface area (Å²) in [4.78, 5) is 16.5. The minimum atomic E-state index is -0.111. The molecule has 0 saturated heterocycles. The van der Waals surface area contributed by atoms with Gasteiger partial charge in [0.05, 0.1) is 0 Å². The Morgan fingerprint density at radius 1 is 1.38 bits per heavy atom. The molecule has 0 saturated carbocycles. The predicted molar refractivity (Wildman–Crippen MR) is 86.3 cm³/mol. The van der Waals surface area contributed by atoms with E-state index in [1.165, 1.54) is 16.9 Å². The van der Waals surface area contributed by atoms with E-state index in [9.17, 15) is 4.79 Å². The first-order valence-corrected chi connectivity index (χ1v) is 8.10. The number of aromatic nitrogens is 1. The minimum absolute atomic E-state index is 0.111. The molecule has 1 aromatic carbocycles. The monoisotopic (exact) mass is 303 g/mol. The molecule has 2 aromatic rings. The second-order valence-electron chi connectivity index (χ2n) is 4.98. The summed E-state index contributed by atoms with van der Waals surface area (Å²) in [7, 11) is 0. The Bertz CT molecular complexity index is 568. The Labute approximate surface area is 129 Å². The van der Waals surface area contributed by atoms with Crippen molar-refractivity contribution in [2.75, 3.05) is 0 Å². The van der Waals surface area contributed by atoms with Gasteiger partial charge < -0.3 is 11.1 Å². The van der Waals surface area contributed by atoms with Crippen LogP contribution in [0.3, 0.4) is 0 Å². The topological polar surface area (TPSA) is 68.0 Å². The van der Waals surface area contributed by atoms with E-state index in [4.69, 9.17) is 5.73 Å². The maximum Gasteiger partial charge on any atom is 0.270 e. The van der Waals surface area contributed by atoms with Crippen LogP contribution in [0.25, 0.3) is 0 Å². The molecule has 4 nitrogen and oxygen atoms in total. The first-order chi connectivity index (χ1) is 10.2. The number of thiazole rings is 1. The van der Waals surface area contributed by atoms with Gasteiger partial charge >= 0.3 is 0 Å². The number of hydrogen-bond acceptors (Lipinski definition) is 4. The van der Waals surface area contributed by atoms with Crippen molar-refractivity contribution < 1.29 is 4.79 Å². The van der Waals surface area contributed by atoms with Gasteiger partial charge in [-0.3, -0.25) is 4.79 Å². The standard InChI is InChI=1S/C16H21N3OS/c1-2-6-13(9-12-7-4-3-5-8-12)18-16(20)14-11-21-15(10-17)19-14/h3-5,7-8,11,13H,2,6,9-10,17H2,1H3,(H,18,20). The van der Waals surface area contributed by atoms with E-state index >= 15 is 0 Å². The molecule has 0 fully saturated rings. The first kappa shape index (κ1) is 15.7. The zero-order chi connectivity index (χ0) is 15.1. The second kappa shape index (κ2) is 7.90. The van der Waals surface area contributed by atoms with Gasteiger partial charge in [-0.2, -0.15) is 0 Å². The third kappa shape index (κ3) is 4.65. The fourth-order valence-electron chi connectivity index (χ4n) is 2.24. The van der Waals surface area contributed by atoms with Crippen LogP contribution in [0.2, 0.25) is 0 Å². The Kier molecular flexibility index (Phi) is 5.90. The maximum absolute atomic E-state index is 12.2. The van der Waals surface area contributed by atoms with Crippen molar-refractivity contribution in [3.8, 4) is 0 Å². The van der Waals surface area contributed by atoms with E-state index in [2.05, 4.69) is 29.4 Å². The summed E-state index contributed by atoms with van der Waals surface area (Å²) >= 11 is 1.43. The average Bonchev–Trinajstić information content (AvgIpc) is 2.97. The van der Waals surface area contributed by atoms with E-state index in [1.807, 2.05) is 18.2 Å². The minimum Gasteiger partial charge on any atom is -0.348 e. The molecule has 0 aliphatic heterocycles. The number of carbonyl (C=O) groups excluding carboxylic acids is 1. The number of nitrogens with zero attached hydrogens (tertiary/aromatic N) is 1. The van der Waals surface area contributed by atoms with Crippen LogP contribution in [-0.4, -0.2) is 16.9 Å². The number of benzene rings is 1. The van der Waals surface area contributed by atoms with Gasteiger partial charge in [0, 0.05) is 18.0 Å². The van der Waals surface area contributed by atoms with Gasteiger partial charge in [-0.05, 0) is 18.4 Å². The lowest BCUT2D eigenvalue weighted by Crippen LogP contribution is -2.36. The van der Waals surface area contributed by atoms with E-state index in [0.29, 0.717) is 12.2 Å². The third-order valence-electron chi connectivity index (χ3n) is 3.26. The summed E-state index contributed by atoms with van der Waals surface area (Å²) in [5.74, 6) is -0.111. The van der Waals surface area contributed by atoms with Gasteiger partial charge in [0.15, 0.2) is 0 Å². The van der Waals surface area contributed by atoms with Crippen molar-refractivity contribution in [1.82, 2.24) is 10.3 Å². The SMILES string of the molecule is CCCC(Cc1ccccc1)NC(=O)c1csc(CN)n1. The van der Waals surface area contributed by atoms with Gasteiger partial charge in [0.25, 0.3) is 5.91 Å². The number of nitrogens with two attached hydrogens (primary N) is 1. The second-order valence-corrected chi connectivity index (χ2v) is 5.92. The molecule has 0 spiro atoms. The highest BCUT2D eigenvalue weighted by atomic mass is 32.1. The van der Waals surface area contributed by atoms with E-state index in [0.717, 1.165) is 24.3 Å². The normalized spacial score (nSPS) is 12.1. The van der Waals surface area contributed by atoms with Gasteiger partial charge in [-0.25, -0.2) is 4.98 Å². The Balaban J connectivity index is 2.00. The van der Waals surface area contributed by atoms with Crippen molar-refractivity contribution >= 4 is 17.2 Å². The number of amides is 1. The zero-order valence-corrected chi connectivity index (χ0v) is 13.0. The fourth-order valence-corrected chi connectivity index (χ4v) is 2.90. The molecule has 21 heavy (non-hydrogen) atoms. The Morgan fingerprint density at radius 3 is 2.76 bits per heavy atom. The molecule has 1 unspecified atom stereocenters. The molecule has 1 aromatic heterocycles. The highest BCUT2D eigenvalue weighted by Gasteiger charge is 2.16. The summed E-state index contributed by atoms with van der Waals surface area (Å²) in [6.45, 7) is 2.50. The first-order valence-electron chi connectivity index (χ1n) is 7.22. The van der Waals surface area contributed by atoms with Crippen LogP contribution in [0, 0.1) is 0 Å². The quantitative estimate of drug-likeness (QED) is 0.826. The summed E-state index contributed by atoms with van der Waals surface area (Å²) < 4.78 is 0. The highest BCUT2D eigenvalue weighted by molar-refractivity contribution is 7.09. The van der Waals surface area contributed by atoms with Crippen LogP contribution < -0.4 is 11.1 Å². The van der Waals surface area contributed by atoms with Crippen LogP contribution in [-0.2, 0) is 13.0 Å². The van der Waals surface area contributed by atoms with Crippen molar-refractivity contribution in [1.29, 1.82) is 0 Å². The number of rotatable bonds is 7. The molecule has 0 radical (unpaired) electrons. The number of carbonyl (C=O) groups is 1. The molecule has 2 rings (SSSR count). The zero-order valence-electron chi connectivity index (χ0n) is 12.2. The van der Waals surface area contributed by atoms with Gasteiger partial charge in [0.1, 0.15) is 10.7 Å². The molecular weight excluding hydrogens is 282 g/mol. The molecule has 0 aliphatic rings. The van der Waals surface area contributed by atoms with Crippen LogP contribution in [0.4, 0.5) is 0 Å². The average molecular weight is 303 g/mol. The van der Waals surface area contributed by atoms with Crippen LogP contribution in [0.15, 0.2) is 35.7 Å². The molecule has 3 N–H and O–H groups in total. The molecule has 1 heterocycles. The largest absolute Gasteiger partial charge is 0.348 e. The molecule has 0 aliphatic carbocycles. The Hall–Kier alpha value is -1.72. The molecule has 5 heteroatoms. The van der Waals surface area contributed by atoms with E-state index < -0.39 is 0 Å². The van der Waals surface area contributed by atoms with Crippen LogP contribution in [0.1, 0.15) is 40.8 Å². The van der Waals surface area contributed by atoms with Crippen LogP contribution in [0.5, 0.6) is 0 Å². The lowest BCUT2D eigenvalue weighted by molar-refractivity contribution is 0.0930. The van der Waals surface area contributed by atoms with Gasteiger partial charge in [-0.15, -0.1) is 11.3 Å². The molecule has 112 valence electrons. The van der Waals surface area contributed by atoms with Crippen molar-refractivity contribution in [2.45, 2.75) is 38.8 Å². The van der Waals surface area contributed by atoms with Gasteiger partial charge in [0.2, 0.25) is 0 Å². The van der Waals surface area contributed by atoms with Crippen molar-refractivity contribution in [2.24, 2.45) is 5.73 Å². The summed E-state index contributed by atoms with van der Waals surface area (Å²) in [5.41, 5.74) is 7.23. The van der Waals surface area contributed by atoms with Gasteiger partial charge in [-0.1, -0.05) is 43.7 Å². The third-order valence-corrected chi connectivity index (χ3v) is 4.13. The van der Waals surface area contributed by atoms with Crippen molar-refractivity contribution in [3.05, 3.63) is 52.0 Å². The summed E-state index contributed by atoms with van der Waals surface area (Å²) in [6.07, 6.45) is 2.83.